The average Bonchev–Trinajstić information content (AvgIpc) is 3.14. The van der Waals surface area contributed by atoms with Crippen LogP contribution in [0.15, 0.2) is 66.7 Å². The van der Waals surface area contributed by atoms with Crippen LogP contribution in [0.1, 0.15) is 16.2 Å². The predicted octanol–water partition coefficient (Wildman–Crippen LogP) is 4.48. The molecule has 0 aliphatic heterocycles. The molecule has 0 spiro atoms. The SMILES string of the molecule is COc1ccc(Oc2ccc([N+](=O)[O-])cc2C(=O)NCCn2c(C)nc3ccccc32)cc1. The summed E-state index contributed by atoms with van der Waals surface area (Å²) < 4.78 is 13.0. The first kappa shape index (κ1) is 21.8. The largest absolute Gasteiger partial charge is 0.497 e. The molecule has 0 fully saturated rings. The Hall–Kier alpha value is -4.40. The fourth-order valence-electron chi connectivity index (χ4n) is 3.52. The zero-order chi connectivity index (χ0) is 23.4. The molecule has 0 saturated heterocycles. The van der Waals surface area contributed by atoms with Crippen LogP contribution in [0.3, 0.4) is 0 Å². The molecule has 9 heteroatoms. The van der Waals surface area contributed by atoms with Gasteiger partial charge in [0.15, 0.2) is 0 Å². The Bertz CT molecular complexity index is 1310. The van der Waals surface area contributed by atoms with Gasteiger partial charge in [-0.15, -0.1) is 0 Å². The van der Waals surface area contributed by atoms with Gasteiger partial charge < -0.3 is 19.4 Å². The molecule has 9 nitrogen and oxygen atoms in total. The first-order chi connectivity index (χ1) is 16.0. The molecule has 1 amide bonds. The molecule has 168 valence electrons. The molecule has 1 N–H and O–H groups in total. The second kappa shape index (κ2) is 9.39. The Balaban J connectivity index is 1.52. The molecule has 1 heterocycles. The van der Waals surface area contributed by atoms with Crippen LogP contribution in [0, 0.1) is 17.0 Å². The smallest absolute Gasteiger partial charge is 0.270 e. The molecule has 0 aliphatic rings. The van der Waals surface area contributed by atoms with Crippen LogP contribution in [0.4, 0.5) is 5.69 Å². The topological polar surface area (TPSA) is 109 Å². The number of nitrogens with one attached hydrogen (secondary N) is 1. The summed E-state index contributed by atoms with van der Waals surface area (Å²) in [6.07, 6.45) is 0. The summed E-state index contributed by atoms with van der Waals surface area (Å²) in [5, 5.41) is 14.1. The number of carbonyl (C=O) groups is 1. The summed E-state index contributed by atoms with van der Waals surface area (Å²) in [6.45, 7) is 2.72. The van der Waals surface area contributed by atoms with Crippen molar-refractivity contribution >= 4 is 22.6 Å². The average molecular weight is 446 g/mol. The van der Waals surface area contributed by atoms with Gasteiger partial charge in [-0.25, -0.2) is 4.98 Å². The Labute approximate surface area is 189 Å². The van der Waals surface area contributed by atoms with Crippen molar-refractivity contribution in [3.8, 4) is 17.2 Å². The highest BCUT2D eigenvalue weighted by atomic mass is 16.6. The first-order valence-electron chi connectivity index (χ1n) is 10.3. The molecule has 33 heavy (non-hydrogen) atoms. The predicted molar refractivity (Wildman–Crippen MR) is 123 cm³/mol. The van der Waals surface area contributed by atoms with Gasteiger partial charge in [0.2, 0.25) is 0 Å². The van der Waals surface area contributed by atoms with Gasteiger partial charge in [-0.3, -0.25) is 14.9 Å². The number of fused-ring (bicyclic) bond motifs is 1. The molecular weight excluding hydrogens is 424 g/mol. The van der Waals surface area contributed by atoms with E-state index >= 15 is 0 Å². The molecule has 0 atom stereocenters. The lowest BCUT2D eigenvalue weighted by Crippen LogP contribution is -2.27. The number of benzene rings is 3. The molecule has 0 bridgehead atoms. The normalized spacial score (nSPS) is 10.7. The molecule has 0 saturated carbocycles. The number of para-hydroxylation sites is 2. The van der Waals surface area contributed by atoms with E-state index in [4.69, 9.17) is 9.47 Å². The van der Waals surface area contributed by atoms with Gasteiger partial charge >= 0.3 is 0 Å². The van der Waals surface area contributed by atoms with E-state index < -0.39 is 10.8 Å². The lowest BCUT2D eigenvalue weighted by atomic mass is 10.1. The number of carbonyl (C=O) groups excluding carboxylic acids is 1. The van der Waals surface area contributed by atoms with E-state index in [1.165, 1.54) is 18.2 Å². The number of nitro groups is 1. The minimum absolute atomic E-state index is 0.0761. The zero-order valence-electron chi connectivity index (χ0n) is 18.1. The lowest BCUT2D eigenvalue weighted by Gasteiger charge is -2.13. The summed E-state index contributed by atoms with van der Waals surface area (Å²) in [7, 11) is 1.56. The molecule has 1 aromatic heterocycles. The number of aromatic nitrogens is 2. The first-order valence-corrected chi connectivity index (χ1v) is 10.3. The molecular formula is C24H22N4O5. The second-order valence-corrected chi connectivity index (χ2v) is 7.27. The summed E-state index contributed by atoms with van der Waals surface area (Å²) in [6, 6.07) is 18.5. The second-order valence-electron chi connectivity index (χ2n) is 7.27. The number of hydrogen-bond donors (Lipinski definition) is 1. The Kier molecular flexibility index (Phi) is 6.21. The van der Waals surface area contributed by atoms with Crippen molar-refractivity contribution in [1.29, 1.82) is 0 Å². The summed E-state index contributed by atoms with van der Waals surface area (Å²) in [4.78, 5) is 28.2. The standard InChI is InChI=1S/C24H22N4O5/c1-16-26-21-5-3-4-6-22(21)27(16)14-13-25-24(29)20-15-17(28(30)31)7-12-23(20)33-19-10-8-18(32-2)9-11-19/h3-12,15H,13-14H2,1-2H3,(H,25,29). The summed E-state index contributed by atoms with van der Waals surface area (Å²) in [5.74, 6) is 1.71. The van der Waals surface area contributed by atoms with Gasteiger partial charge in [-0.2, -0.15) is 0 Å². The van der Waals surface area contributed by atoms with Gasteiger partial charge in [0, 0.05) is 25.2 Å². The van der Waals surface area contributed by atoms with Crippen LogP contribution in [0.2, 0.25) is 0 Å². The van der Waals surface area contributed by atoms with E-state index in [0.717, 1.165) is 16.9 Å². The van der Waals surface area contributed by atoms with E-state index in [9.17, 15) is 14.9 Å². The van der Waals surface area contributed by atoms with Gasteiger partial charge in [-0.1, -0.05) is 12.1 Å². The van der Waals surface area contributed by atoms with Crippen molar-refractivity contribution in [3.63, 3.8) is 0 Å². The number of non-ortho nitro benzene ring substituents is 1. The van der Waals surface area contributed by atoms with Crippen molar-refractivity contribution in [2.24, 2.45) is 0 Å². The Morgan fingerprint density at radius 3 is 2.55 bits per heavy atom. The third-order valence-electron chi connectivity index (χ3n) is 5.17. The van der Waals surface area contributed by atoms with Crippen LogP contribution in [-0.4, -0.2) is 34.0 Å². The molecule has 0 unspecified atom stereocenters. The third-order valence-corrected chi connectivity index (χ3v) is 5.17. The highest BCUT2D eigenvalue weighted by molar-refractivity contribution is 5.97. The van der Waals surface area contributed by atoms with Crippen LogP contribution < -0.4 is 14.8 Å². The minimum atomic E-state index is -0.547. The van der Waals surface area contributed by atoms with Gasteiger partial charge in [0.25, 0.3) is 11.6 Å². The highest BCUT2D eigenvalue weighted by Crippen LogP contribution is 2.30. The van der Waals surface area contributed by atoms with Gasteiger partial charge in [0.05, 0.1) is 28.6 Å². The number of ether oxygens (including phenoxy) is 2. The summed E-state index contributed by atoms with van der Waals surface area (Å²) >= 11 is 0. The molecule has 0 aliphatic carbocycles. The third kappa shape index (κ3) is 4.77. The maximum Gasteiger partial charge on any atom is 0.270 e. The number of imidazole rings is 1. The van der Waals surface area contributed by atoms with E-state index in [-0.39, 0.29) is 17.0 Å². The fraction of sp³-hybridized carbons (Fsp3) is 0.167. The van der Waals surface area contributed by atoms with Gasteiger partial charge in [-0.05, 0) is 49.4 Å². The van der Waals surface area contributed by atoms with Crippen LogP contribution in [-0.2, 0) is 6.54 Å². The number of rotatable bonds is 8. The van der Waals surface area contributed by atoms with Gasteiger partial charge in [0.1, 0.15) is 23.1 Å². The van der Waals surface area contributed by atoms with E-state index in [1.807, 2.05) is 35.8 Å². The van der Waals surface area contributed by atoms with Crippen molar-refractivity contribution in [3.05, 3.63) is 88.2 Å². The van der Waals surface area contributed by atoms with E-state index in [0.29, 0.717) is 24.6 Å². The lowest BCUT2D eigenvalue weighted by molar-refractivity contribution is -0.384. The van der Waals surface area contributed by atoms with Crippen molar-refractivity contribution in [2.45, 2.75) is 13.5 Å². The van der Waals surface area contributed by atoms with Crippen molar-refractivity contribution in [1.82, 2.24) is 14.9 Å². The summed E-state index contributed by atoms with van der Waals surface area (Å²) in [5.41, 5.74) is 1.74. The molecule has 3 aromatic carbocycles. The van der Waals surface area contributed by atoms with E-state index in [1.54, 1.807) is 31.4 Å². The maximum atomic E-state index is 12.9. The molecule has 4 rings (SSSR count). The number of amides is 1. The number of methoxy groups -OCH3 is 1. The maximum absolute atomic E-state index is 12.9. The van der Waals surface area contributed by atoms with Crippen molar-refractivity contribution < 1.29 is 19.2 Å². The Morgan fingerprint density at radius 1 is 1.09 bits per heavy atom. The quantitative estimate of drug-likeness (QED) is 0.316. The van der Waals surface area contributed by atoms with Crippen LogP contribution in [0.5, 0.6) is 17.2 Å². The van der Waals surface area contributed by atoms with E-state index in [2.05, 4.69) is 10.3 Å². The monoisotopic (exact) mass is 446 g/mol. The minimum Gasteiger partial charge on any atom is -0.497 e. The van der Waals surface area contributed by atoms with Crippen LogP contribution >= 0.6 is 0 Å². The van der Waals surface area contributed by atoms with Crippen LogP contribution in [0.25, 0.3) is 11.0 Å². The zero-order valence-corrected chi connectivity index (χ0v) is 18.1. The molecule has 4 aromatic rings. The number of aryl methyl sites for hydroxylation is 1. The highest BCUT2D eigenvalue weighted by Gasteiger charge is 2.19. The number of nitrogens with zero attached hydrogens (tertiary/aromatic N) is 3. The fourth-order valence-corrected chi connectivity index (χ4v) is 3.52. The number of nitro benzene ring substituents is 1. The van der Waals surface area contributed by atoms with Crippen molar-refractivity contribution in [2.75, 3.05) is 13.7 Å². The Morgan fingerprint density at radius 2 is 1.82 bits per heavy atom. The molecule has 0 radical (unpaired) electrons. The number of hydrogen-bond acceptors (Lipinski definition) is 6.